The van der Waals surface area contributed by atoms with Crippen LogP contribution in [0.3, 0.4) is 0 Å². The van der Waals surface area contributed by atoms with Gasteiger partial charge in [-0.2, -0.15) is 26.3 Å². The third-order valence-corrected chi connectivity index (χ3v) is 4.14. The molecule has 0 radical (unpaired) electrons. The van der Waals surface area contributed by atoms with Crippen LogP contribution in [-0.4, -0.2) is 12.9 Å². The second-order valence-corrected chi connectivity index (χ2v) is 6.23. The van der Waals surface area contributed by atoms with E-state index >= 15 is 0 Å². The van der Waals surface area contributed by atoms with Gasteiger partial charge >= 0.3 is 12.4 Å². The highest BCUT2D eigenvalue weighted by Crippen LogP contribution is 2.38. The summed E-state index contributed by atoms with van der Waals surface area (Å²) in [6.45, 7) is 0. The molecule has 0 aliphatic heterocycles. The molecule has 0 N–H and O–H groups in total. The van der Waals surface area contributed by atoms with Gasteiger partial charge in [0.05, 0.1) is 18.2 Å². The van der Waals surface area contributed by atoms with Crippen molar-refractivity contribution in [3.63, 3.8) is 0 Å². The maximum absolute atomic E-state index is 12.8. The molecular formula is C18H12F6O2S. The molecule has 0 aliphatic carbocycles. The minimum absolute atomic E-state index is 0.0519. The first-order valence-corrected chi connectivity index (χ1v) is 8.20. The summed E-state index contributed by atoms with van der Waals surface area (Å²) in [6.07, 6.45) is -8.77. The van der Waals surface area contributed by atoms with Gasteiger partial charge in [0.1, 0.15) is 5.75 Å². The first-order valence-electron chi connectivity index (χ1n) is 7.32. The van der Waals surface area contributed by atoms with Crippen molar-refractivity contribution in [2.75, 3.05) is 7.11 Å². The lowest BCUT2D eigenvalue weighted by molar-refractivity contribution is -0.143. The van der Waals surface area contributed by atoms with Gasteiger partial charge in [-0.05, 0) is 53.9 Å². The van der Waals surface area contributed by atoms with E-state index in [-0.39, 0.29) is 11.0 Å². The maximum Gasteiger partial charge on any atom is 0.416 e. The van der Waals surface area contributed by atoms with E-state index in [1.807, 2.05) is 0 Å². The SMILES string of the molecule is COc1ccc(C(=O)/C=C\Sc2cc(C(F)(F)F)cc(C(F)(F)F)c2)cc1. The molecule has 27 heavy (non-hydrogen) atoms. The zero-order chi connectivity index (χ0) is 20.2. The van der Waals surface area contributed by atoms with Gasteiger partial charge in [0, 0.05) is 10.5 Å². The standard InChI is InChI=1S/C18H12F6O2S/c1-26-14-4-2-11(3-5-14)16(25)6-7-27-15-9-12(17(19,20)21)8-13(10-15)18(22,23)24/h2-10H,1H3/b7-6-. The Morgan fingerprint density at radius 3 is 1.89 bits per heavy atom. The van der Waals surface area contributed by atoms with Crippen LogP contribution in [0.15, 0.2) is 58.8 Å². The first kappa shape index (κ1) is 20.9. The van der Waals surface area contributed by atoms with Crippen LogP contribution in [0.5, 0.6) is 5.75 Å². The topological polar surface area (TPSA) is 26.3 Å². The summed E-state index contributed by atoms with van der Waals surface area (Å²) in [5.74, 6) is 0.0849. The van der Waals surface area contributed by atoms with Crippen LogP contribution >= 0.6 is 11.8 Å². The van der Waals surface area contributed by atoms with Crippen molar-refractivity contribution in [3.8, 4) is 5.75 Å². The van der Waals surface area contributed by atoms with Crippen LogP contribution in [0.2, 0.25) is 0 Å². The van der Waals surface area contributed by atoms with E-state index < -0.39 is 29.3 Å². The van der Waals surface area contributed by atoms with Gasteiger partial charge in [0.15, 0.2) is 5.78 Å². The van der Waals surface area contributed by atoms with E-state index in [1.165, 1.54) is 19.2 Å². The van der Waals surface area contributed by atoms with Crippen molar-refractivity contribution < 1.29 is 35.9 Å². The summed E-state index contributed by atoms with van der Waals surface area (Å²) in [6, 6.07) is 7.33. The van der Waals surface area contributed by atoms with Crippen molar-refractivity contribution in [1.29, 1.82) is 0 Å². The number of thioether (sulfide) groups is 1. The van der Waals surface area contributed by atoms with Gasteiger partial charge < -0.3 is 4.74 Å². The van der Waals surface area contributed by atoms with Crippen LogP contribution < -0.4 is 4.74 Å². The predicted octanol–water partition coefficient (Wildman–Crippen LogP) is 6.22. The van der Waals surface area contributed by atoms with E-state index in [1.54, 1.807) is 12.1 Å². The van der Waals surface area contributed by atoms with Crippen LogP contribution in [0.25, 0.3) is 0 Å². The van der Waals surface area contributed by atoms with Gasteiger partial charge in [0.2, 0.25) is 0 Å². The number of allylic oxidation sites excluding steroid dienone is 1. The summed E-state index contributed by atoms with van der Waals surface area (Å²) in [4.78, 5) is 11.7. The fraction of sp³-hybridized carbons (Fsp3) is 0.167. The molecule has 0 aliphatic rings. The van der Waals surface area contributed by atoms with Crippen LogP contribution in [0.4, 0.5) is 26.3 Å². The molecule has 9 heteroatoms. The van der Waals surface area contributed by atoms with E-state index in [9.17, 15) is 31.1 Å². The molecule has 0 saturated heterocycles. The highest BCUT2D eigenvalue weighted by atomic mass is 32.2. The minimum atomic E-state index is -4.92. The lowest BCUT2D eigenvalue weighted by Gasteiger charge is -2.13. The van der Waals surface area contributed by atoms with E-state index in [4.69, 9.17) is 4.74 Å². The number of halogens is 6. The Hall–Kier alpha value is -2.42. The van der Waals surface area contributed by atoms with Crippen molar-refractivity contribution >= 4 is 17.5 Å². The number of carbonyl (C=O) groups is 1. The van der Waals surface area contributed by atoms with Crippen LogP contribution in [0.1, 0.15) is 21.5 Å². The molecule has 144 valence electrons. The number of hydrogen-bond donors (Lipinski definition) is 0. The average molecular weight is 406 g/mol. The molecule has 2 aromatic rings. The Kier molecular flexibility index (Phi) is 6.25. The zero-order valence-corrected chi connectivity index (χ0v) is 14.5. The number of hydrogen-bond acceptors (Lipinski definition) is 3. The summed E-state index contributed by atoms with van der Waals surface area (Å²) >= 11 is 0.586. The molecule has 0 unspecified atom stereocenters. The quantitative estimate of drug-likeness (QED) is 0.255. The molecule has 0 spiro atoms. The lowest BCUT2D eigenvalue weighted by Crippen LogP contribution is -2.10. The molecule has 0 aromatic heterocycles. The smallest absolute Gasteiger partial charge is 0.416 e. The molecule has 2 rings (SSSR count). The average Bonchev–Trinajstić information content (AvgIpc) is 2.60. The summed E-state index contributed by atoms with van der Waals surface area (Å²) in [5.41, 5.74) is -2.52. The number of carbonyl (C=O) groups excluding carboxylic acids is 1. The highest BCUT2D eigenvalue weighted by Gasteiger charge is 2.36. The van der Waals surface area contributed by atoms with Gasteiger partial charge in [0.25, 0.3) is 0 Å². The van der Waals surface area contributed by atoms with Crippen molar-refractivity contribution in [2.45, 2.75) is 17.2 Å². The van der Waals surface area contributed by atoms with Crippen molar-refractivity contribution in [1.82, 2.24) is 0 Å². The molecule has 0 heterocycles. The third-order valence-electron chi connectivity index (χ3n) is 3.36. The maximum atomic E-state index is 12.8. The number of ketones is 1. The fourth-order valence-corrected chi connectivity index (χ4v) is 2.76. The Bertz CT molecular complexity index is 806. The Balaban J connectivity index is 2.20. The van der Waals surface area contributed by atoms with E-state index in [0.29, 0.717) is 35.2 Å². The molecule has 0 saturated carbocycles. The zero-order valence-electron chi connectivity index (χ0n) is 13.7. The van der Waals surface area contributed by atoms with Gasteiger partial charge in [-0.15, -0.1) is 0 Å². The number of methoxy groups -OCH3 is 1. The van der Waals surface area contributed by atoms with E-state index in [0.717, 1.165) is 11.5 Å². The number of alkyl halides is 6. The second-order valence-electron chi connectivity index (χ2n) is 5.25. The van der Waals surface area contributed by atoms with Crippen molar-refractivity contribution in [2.24, 2.45) is 0 Å². The van der Waals surface area contributed by atoms with Crippen LogP contribution in [-0.2, 0) is 12.4 Å². The number of ether oxygens (including phenoxy) is 1. The summed E-state index contributed by atoms with van der Waals surface area (Å²) in [5, 5.41) is 1.14. The first-order chi connectivity index (χ1) is 12.5. The Labute approximate surface area is 154 Å². The molecule has 0 fully saturated rings. The van der Waals surface area contributed by atoms with Crippen LogP contribution in [0, 0.1) is 0 Å². The minimum Gasteiger partial charge on any atom is -0.497 e. The summed E-state index contributed by atoms with van der Waals surface area (Å²) in [7, 11) is 1.46. The van der Waals surface area contributed by atoms with Gasteiger partial charge in [-0.1, -0.05) is 11.8 Å². The third kappa shape index (κ3) is 5.78. The van der Waals surface area contributed by atoms with Crippen molar-refractivity contribution in [3.05, 3.63) is 70.6 Å². The number of benzene rings is 2. The predicted molar refractivity (Wildman–Crippen MR) is 88.8 cm³/mol. The molecule has 2 nitrogen and oxygen atoms in total. The molecular weight excluding hydrogens is 394 g/mol. The molecule has 0 amide bonds. The van der Waals surface area contributed by atoms with Gasteiger partial charge in [-0.3, -0.25) is 4.79 Å². The molecule has 0 bridgehead atoms. The van der Waals surface area contributed by atoms with E-state index in [2.05, 4.69) is 0 Å². The molecule has 2 aromatic carbocycles. The largest absolute Gasteiger partial charge is 0.497 e. The Morgan fingerprint density at radius 2 is 1.44 bits per heavy atom. The molecule has 0 atom stereocenters. The summed E-state index contributed by atoms with van der Waals surface area (Å²) < 4.78 is 81.8. The Morgan fingerprint density at radius 1 is 0.926 bits per heavy atom. The number of rotatable bonds is 5. The lowest BCUT2D eigenvalue weighted by atomic mass is 10.1. The normalized spacial score (nSPS) is 12.4. The second kappa shape index (κ2) is 8.08. The van der Waals surface area contributed by atoms with Gasteiger partial charge in [-0.25, -0.2) is 0 Å². The fourth-order valence-electron chi connectivity index (χ4n) is 2.02. The monoisotopic (exact) mass is 406 g/mol. The highest BCUT2D eigenvalue weighted by molar-refractivity contribution is 8.02.